The number of allylic oxidation sites excluding steroid dienone is 1. The first-order valence-electron chi connectivity index (χ1n) is 4.19. The molecule has 0 amide bonds. The summed E-state index contributed by atoms with van der Waals surface area (Å²) in [5.41, 5.74) is 2.02. The van der Waals surface area contributed by atoms with Crippen LogP contribution >= 0.6 is 0 Å². The van der Waals surface area contributed by atoms with E-state index in [1.165, 1.54) is 5.56 Å². The molecule has 0 heterocycles. The van der Waals surface area contributed by atoms with E-state index in [-0.39, 0.29) is 0 Å². The van der Waals surface area contributed by atoms with Crippen molar-refractivity contribution in [3.8, 4) is 0 Å². The molecule has 0 nitrogen and oxygen atoms in total. The lowest BCUT2D eigenvalue weighted by Gasteiger charge is -2.01. The minimum Gasteiger partial charge on any atom is -0.216 e. The first kappa shape index (κ1) is 8.98. The monoisotopic (exact) mass is 164 g/mol. The van der Waals surface area contributed by atoms with Crippen molar-refractivity contribution in [3.05, 3.63) is 47.8 Å². The largest absolute Gasteiger partial charge is 0.216 e. The van der Waals surface area contributed by atoms with Gasteiger partial charge >= 0.3 is 0 Å². The van der Waals surface area contributed by atoms with Gasteiger partial charge in [-0.05, 0) is 24.0 Å². The highest BCUT2D eigenvalue weighted by Gasteiger charge is 1.95. The Hall–Kier alpha value is -1.11. The van der Waals surface area contributed by atoms with Crippen LogP contribution in [-0.2, 0) is 6.42 Å². The quantitative estimate of drug-likeness (QED) is 0.641. The van der Waals surface area contributed by atoms with E-state index in [9.17, 15) is 4.39 Å². The first-order chi connectivity index (χ1) is 5.86. The SMILES string of the molecule is CC/C(=C\F)Cc1ccccc1. The standard InChI is InChI=1S/C11H13F/c1-2-10(9-12)8-11-6-4-3-5-7-11/h3-7,9H,2,8H2,1H3/b10-9+. The number of hydrogen-bond acceptors (Lipinski definition) is 0. The number of benzene rings is 1. The van der Waals surface area contributed by atoms with Crippen LogP contribution in [0.4, 0.5) is 4.39 Å². The van der Waals surface area contributed by atoms with Crippen molar-refractivity contribution in [1.29, 1.82) is 0 Å². The Kier molecular flexibility index (Phi) is 3.52. The minimum absolute atomic E-state index is 0.715. The number of halogens is 1. The second-order valence-corrected chi connectivity index (χ2v) is 2.78. The fraction of sp³-hybridized carbons (Fsp3) is 0.273. The third-order valence-electron chi connectivity index (χ3n) is 1.88. The smallest absolute Gasteiger partial charge is 0.0862 e. The summed E-state index contributed by atoms with van der Waals surface area (Å²) in [6.45, 7) is 1.97. The second-order valence-electron chi connectivity index (χ2n) is 2.78. The number of hydrogen-bond donors (Lipinski definition) is 0. The zero-order valence-electron chi connectivity index (χ0n) is 7.26. The maximum absolute atomic E-state index is 12.2. The topological polar surface area (TPSA) is 0 Å². The zero-order valence-corrected chi connectivity index (χ0v) is 7.26. The molecule has 0 unspecified atom stereocenters. The molecule has 0 saturated carbocycles. The van der Waals surface area contributed by atoms with E-state index in [0.29, 0.717) is 6.33 Å². The molecule has 0 aromatic heterocycles. The lowest BCUT2D eigenvalue weighted by atomic mass is 10.1. The van der Waals surface area contributed by atoms with Gasteiger partial charge in [0.1, 0.15) is 0 Å². The van der Waals surface area contributed by atoms with Crippen LogP contribution in [0, 0.1) is 0 Å². The summed E-state index contributed by atoms with van der Waals surface area (Å²) in [6.07, 6.45) is 2.23. The lowest BCUT2D eigenvalue weighted by molar-refractivity contribution is 0.696. The molecule has 0 saturated heterocycles. The molecule has 1 rings (SSSR count). The van der Waals surface area contributed by atoms with E-state index >= 15 is 0 Å². The normalized spacial score (nSPS) is 11.7. The maximum atomic E-state index is 12.2. The van der Waals surface area contributed by atoms with Crippen LogP contribution in [0.25, 0.3) is 0 Å². The van der Waals surface area contributed by atoms with Crippen molar-refractivity contribution in [2.75, 3.05) is 0 Å². The average molecular weight is 164 g/mol. The van der Waals surface area contributed by atoms with Gasteiger partial charge < -0.3 is 0 Å². The Bertz CT molecular complexity index is 249. The Morgan fingerprint density at radius 2 is 2.00 bits per heavy atom. The molecule has 0 spiro atoms. The Morgan fingerprint density at radius 3 is 2.50 bits per heavy atom. The van der Waals surface area contributed by atoms with Crippen molar-refractivity contribution in [1.82, 2.24) is 0 Å². The molecule has 64 valence electrons. The molecule has 1 heteroatoms. The second kappa shape index (κ2) is 4.70. The molecule has 0 N–H and O–H groups in total. The van der Waals surface area contributed by atoms with E-state index in [4.69, 9.17) is 0 Å². The fourth-order valence-electron chi connectivity index (χ4n) is 1.10. The molecule has 0 bridgehead atoms. The third kappa shape index (κ3) is 2.50. The fourth-order valence-corrected chi connectivity index (χ4v) is 1.10. The van der Waals surface area contributed by atoms with Crippen LogP contribution in [-0.4, -0.2) is 0 Å². The van der Waals surface area contributed by atoms with Crippen molar-refractivity contribution in [2.24, 2.45) is 0 Å². The molecular formula is C11H13F. The van der Waals surface area contributed by atoms with E-state index in [2.05, 4.69) is 0 Å². The summed E-state index contributed by atoms with van der Waals surface area (Å²) in [7, 11) is 0. The first-order valence-corrected chi connectivity index (χ1v) is 4.19. The van der Waals surface area contributed by atoms with Gasteiger partial charge in [-0.2, -0.15) is 0 Å². The highest BCUT2D eigenvalue weighted by atomic mass is 19.1. The van der Waals surface area contributed by atoms with Crippen molar-refractivity contribution >= 4 is 0 Å². The zero-order chi connectivity index (χ0) is 8.81. The minimum atomic E-state index is 0.715. The molecule has 0 aliphatic carbocycles. The Labute approximate surface area is 72.7 Å². The van der Waals surface area contributed by atoms with Gasteiger partial charge in [-0.25, -0.2) is 4.39 Å². The van der Waals surface area contributed by atoms with E-state index in [1.54, 1.807) is 0 Å². The summed E-state index contributed by atoms with van der Waals surface area (Å²) in [4.78, 5) is 0. The highest BCUT2D eigenvalue weighted by Crippen LogP contribution is 2.10. The van der Waals surface area contributed by atoms with Crippen molar-refractivity contribution < 1.29 is 4.39 Å². The predicted octanol–water partition coefficient (Wildman–Crippen LogP) is 3.49. The summed E-state index contributed by atoms with van der Waals surface area (Å²) in [5, 5.41) is 0. The predicted molar refractivity (Wildman–Crippen MR) is 49.6 cm³/mol. The molecule has 12 heavy (non-hydrogen) atoms. The third-order valence-corrected chi connectivity index (χ3v) is 1.88. The molecule has 0 radical (unpaired) electrons. The molecule has 0 atom stereocenters. The Balaban J connectivity index is 2.64. The van der Waals surface area contributed by atoms with Gasteiger partial charge in [0.05, 0.1) is 6.33 Å². The van der Waals surface area contributed by atoms with Gasteiger partial charge in [-0.15, -0.1) is 0 Å². The van der Waals surface area contributed by atoms with Gasteiger partial charge in [0, 0.05) is 0 Å². The molecule has 1 aromatic carbocycles. The van der Waals surface area contributed by atoms with Crippen LogP contribution in [0.2, 0.25) is 0 Å². The van der Waals surface area contributed by atoms with Crippen LogP contribution in [0.1, 0.15) is 18.9 Å². The van der Waals surface area contributed by atoms with Crippen LogP contribution in [0.3, 0.4) is 0 Å². The molecule has 0 aliphatic rings. The summed E-state index contributed by atoms with van der Waals surface area (Å²) in [5.74, 6) is 0. The summed E-state index contributed by atoms with van der Waals surface area (Å²) in [6, 6.07) is 9.94. The maximum Gasteiger partial charge on any atom is 0.0862 e. The number of rotatable bonds is 3. The van der Waals surface area contributed by atoms with Gasteiger partial charge in [-0.3, -0.25) is 0 Å². The molecule has 1 aromatic rings. The van der Waals surface area contributed by atoms with Crippen molar-refractivity contribution in [2.45, 2.75) is 19.8 Å². The van der Waals surface area contributed by atoms with Crippen LogP contribution in [0.15, 0.2) is 42.2 Å². The lowest BCUT2D eigenvalue weighted by Crippen LogP contribution is -1.87. The highest BCUT2D eigenvalue weighted by molar-refractivity contribution is 5.20. The van der Waals surface area contributed by atoms with E-state index in [1.807, 2.05) is 37.3 Å². The van der Waals surface area contributed by atoms with Gasteiger partial charge in [0.2, 0.25) is 0 Å². The van der Waals surface area contributed by atoms with Gasteiger partial charge in [0.15, 0.2) is 0 Å². The summed E-state index contributed by atoms with van der Waals surface area (Å²) < 4.78 is 12.2. The van der Waals surface area contributed by atoms with Gasteiger partial charge in [-0.1, -0.05) is 37.3 Å². The van der Waals surface area contributed by atoms with Crippen LogP contribution < -0.4 is 0 Å². The van der Waals surface area contributed by atoms with E-state index in [0.717, 1.165) is 18.4 Å². The Morgan fingerprint density at radius 1 is 1.33 bits per heavy atom. The van der Waals surface area contributed by atoms with Crippen LogP contribution in [0.5, 0.6) is 0 Å². The molecular weight excluding hydrogens is 151 g/mol. The van der Waals surface area contributed by atoms with Gasteiger partial charge in [0.25, 0.3) is 0 Å². The molecule has 0 aliphatic heterocycles. The van der Waals surface area contributed by atoms with E-state index < -0.39 is 0 Å². The molecule has 0 fully saturated rings. The summed E-state index contributed by atoms with van der Waals surface area (Å²) >= 11 is 0. The average Bonchev–Trinajstić information content (AvgIpc) is 2.16. The van der Waals surface area contributed by atoms with Crippen molar-refractivity contribution in [3.63, 3.8) is 0 Å².